The van der Waals surface area contributed by atoms with Gasteiger partial charge in [0.25, 0.3) is 5.91 Å². The number of amides is 2. The molecule has 5 heteroatoms. The van der Waals surface area contributed by atoms with E-state index in [-0.39, 0.29) is 11.8 Å². The molecule has 0 aliphatic heterocycles. The maximum absolute atomic E-state index is 13.2. The second-order valence-corrected chi connectivity index (χ2v) is 8.32. The minimum absolute atomic E-state index is 0.151. The first-order valence-corrected chi connectivity index (χ1v) is 10.1. The van der Waals surface area contributed by atoms with Crippen LogP contribution in [0.3, 0.4) is 0 Å². The summed E-state index contributed by atoms with van der Waals surface area (Å²) in [5, 5.41) is 8.70. The van der Waals surface area contributed by atoms with Gasteiger partial charge >= 0.3 is 0 Å². The number of thiophene rings is 1. The van der Waals surface area contributed by atoms with Gasteiger partial charge in [0.2, 0.25) is 5.91 Å². The van der Waals surface area contributed by atoms with Gasteiger partial charge in [-0.25, -0.2) is 0 Å². The quantitative estimate of drug-likeness (QED) is 0.655. The van der Waals surface area contributed by atoms with E-state index in [9.17, 15) is 9.59 Å². The predicted octanol–water partition coefficient (Wildman–Crippen LogP) is 5.24. The minimum atomic E-state index is -0.152. The van der Waals surface area contributed by atoms with Crippen molar-refractivity contribution in [3.05, 3.63) is 58.5 Å². The van der Waals surface area contributed by atoms with E-state index >= 15 is 0 Å². The van der Waals surface area contributed by atoms with Crippen molar-refractivity contribution in [1.82, 2.24) is 0 Å². The number of hydrogen-bond acceptors (Lipinski definition) is 3. The van der Waals surface area contributed by atoms with Gasteiger partial charge in [-0.3, -0.25) is 9.59 Å². The Bertz CT molecular complexity index is 1030. The second kappa shape index (κ2) is 7.16. The van der Waals surface area contributed by atoms with E-state index in [1.54, 1.807) is 11.3 Å². The molecule has 138 valence electrons. The Labute approximate surface area is 162 Å². The van der Waals surface area contributed by atoms with Crippen molar-refractivity contribution in [3.8, 4) is 0 Å². The molecule has 4 nitrogen and oxygen atoms in total. The number of carbonyl (C=O) groups excluding carboxylic acids is 2. The maximum atomic E-state index is 13.2. The molecule has 0 radical (unpaired) electrons. The summed E-state index contributed by atoms with van der Waals surface area (Å²) in [5.41, 5.74) is 2.51. The van der Waals surface area contributed by atoms with Crippen LogP contribution < -0.4 is 10.6 Å². The third kappa shape index (κ3) is 3.47. The van der Waals surface area contributed by atoms with Crippen molar-refractivity contribution in [1.29, 1.82) is 0 Å². The highest BCUT2D eigenvalue weighted by Crippen LogP contribution is 2.40. The van der Waals surface area contributed by atoms with Crippen LogP contribution in [0.1, 0.15) is 41.1 Å². The van der Waals surface area contributed by atoms with Crippen LogP contribution in [0.2, 0.25) is 0 Å². The molecule has 0 fully saturated rings. The van der Waals surface area contributed by atoms with Crippen LogP contribution >= 0.6 is 11.3 Å². The SMILES string of the molecule is CC(=O)Nc1sc2c(c1C(=O)Nc1cccc3ccccc13)CCC(C)C2. The lowest BCUT2D eigenvalue weighted by atomic mass is 9.88. The van der Waals surface area contributed by atoms with Gasteiger partial charge in [-0.2, -0.15) is 0 Å². The first-order chi connectivity index (χ1) is 13.0. The largest absolute Gasteiger partial charge is 0.321 e. The number of fused-ring (bicyclic) bond motifs is 2. The summed E-state index contributed by atoms with van der Waals surface area (Å²) in [6.07, 6.45) is 2.91. The Morgan fingerprint density at radius 3 is 2.67 bits per heavy atom. The molecule has 27 heavy (non-hydrogen) atoms. The first-order valence-electron chi connectivity index (χ1n) is 9.24. The average Bonchev–Trinajstić information content (AvgIpc) is 2.98. The van der Waals surface area contributed by atoms with Crippen LogP contribution in [0.5, 0.6) is 0 Å². The van der Waals surface area contributed by atoms with E-state index in [0.29, 0.717) is 16.5 Å². The van der Waals surface area contributed by atoms with Crippen LogP contribution in [0.15, 0.2) is 42.5 Å². The lowest BCUT2D eigenvalue weighted by molar-refractivity contribution is -0.114. The summed E-state index contributed by atoms with van der Waals surface area (Å²) in [4.78, 5) is 26.1. The van der Waals surface area contributed by atoms with E-state index in [2.05, 4.69) is 17.6 Å². The highest BCUT2D eigenvalue weighted by Gasteiger charge is 2.28. The van der Waals surface area contributed by atoms with Crippen LogP contribution in [0, 0.1) is 5.92 Å². The van der Waals surface area contributed by atoms with Crippen LogP contribution in [0.25, 0.3) is 10.8 Å². The number of hydrogen-bond donors (Lipinski definition) is 2. The summed E-state index contributed by atoms with van der Waals surface area (Å²) < 4.78 is 0. The van der Waals surface area contributed by atoms with Gasteiger partial charge in [-0.1, -0.05) is 43.3 Å². The fraction of sp³-hybridized carbons (Fsp3) is 0.273. The van der Waals surface area contributed by atoms with Gasteiger partial charge in [0.05, 0.1) is 5.56 Å². The third-order valence-electron chi connectivity index (χ3n) is 5.07. The summed E-state index contributed by atoms with van der Waals surface area (Å²) in [5.74, 6) is 0.304. The Morgan fingerprint density at radius 2 is 1.85 bits per heavy atom. The number of nitrogens with one attached hydrogen (secondary N) is 2. The molecule has 1 heterocycles. The Balaban J connectivity index is 1.73. The lowest BCUT2D eigenvalue weighted by Crippen LogP contribution is -2.18. The van der Waals surface area contributed by atoms with Gasteiger partial charge in [0, 0.05) is 22.9 Å². The molecule has 3 aromatic rings. The lowest BCUT2D eigenvalue weighted by Gasteiger charge is -2.19. The summed E-state index contributed by atoms with van der Waals surface area (Å²) in [7, 11) is 0. The van der Waals surface area contributed by atoms with Crippen LogP contribution in [-0.4, -0.2) is 11.8 Å². The zero-order chi connectivity index (χ0) is 19.0. The van der Waals surface area contributed by atoms with E-state index in [1.165, 1.54) is 11.8 Å². The minimum Gasteiger partial charge on any atom is -0.321 e. The zero-order valence-electron chi connectivity index (χ0n) is 15.5. The molecule has 1 aliphatic rings. The number of anilines is 2. The molecule has 1 aliphatic carbocycles. The zero-order valence-corrected chi connectivity index (χ0v) is 16.3. The van der Waals surface area contributed by atoms with Crippen molar-refractivity contribution in [2.45, 2.75) is 33.1 Å². The van der Waals surface area contributed by atoms with Crippen molar-refractivity contribution in [3.63, 3.8) is 0 Å². The fourth-order valence-electron chi connectivity index (χ4n) is 3.76. The van der Waals surface area contributed by atoms with Crippen molar-refractivity contribution < 1.29 is 9.59 Å². The highest BCUT2D eigenvalue weighted by molar-refractivity contribution is 7.17. The standard InChI is InChI=1S/C22H22N2O2S/c1-13-10-11-17-19(12-13)27-22(23-14(2)25)20(17)21(26)24-18-9-5-7-15-6-3-4-8-16(15)18/h3-9,13H,10-12H2,1-2H3,(H,23,25)(H,24,26). The Morgan fingerprint density at radius 1 is 1.07 bits per heavy atom. The molecule has 1 aromatic heterocycles. The van der Waals surface area contributed by atoms with Crippen LogP contribution in [0.4, 0.5) is 10.7 Å². The topological polar surface area (TPSA) is 58.2 Å². The molecular formula is C22H22N2O2S. The average molecular weight is 378 g/mol. The molecule has 2 aromatic carbocycles. The first kappa shape index (κ1) is 17.7. The smallest absolute Gasteiger partial charge is 0.258 e. The Kier molecular flexibility index (Phi) is 4.70. The molecule has 0 spiro atoms. The van der Waals surface area contributed by atoms with Gasteiger partial charge in [-0.15, -0.1) is 11.3 Å². The summed E-state index contributed by atoms with van der Waals surface area (Å²) in [6.45, 7) is 3.71. The molecular weight excluding hydrogens is 356 g/mol. The molecule has 1 unspecified atom stereocenters. The fourth-order valence-corrected chi connectivity index (χ4v) is 5.21. The third-order valence-corrected chi connectivity index (χ3v) is 6.24. The molecule has 2 amide bonds. The van der Waals surface area contributed by atoms with Gasteiger partial charge < -0.3 is 10.6 Å². The normalized spacial score (nSPS) is 16.0. The molecule has 4 rings (SSSR count). The van der Waals surface area contributed by atoms with Gasteiger partial charge in [0.1, 0.15) is 5.00 Å². The van der Waals surface area contributed by atoms with Gasteiger partial charge in [-0.05, 0) is 42.2 Å². The summed E-state index contributed by atoms with van der Waals surface area (Å²) >= 11 is 1.54. The number of benzene rings is 2. The van der Waals surface area contributed by atoms with E-state index in [0.717, 1.165) is 41.3 Å². The van der Waals surface area contributed by atoms with Crippen LogP contribution in [-0.2, 0) is 17.6 Å². The van der Waals surface area contributed by atoms with Crippen molar-refractivity contribution in [2.75, 3.05) is 10.6 Å². The molecule has 0 bridgehead atoms. The van der Waals surface area contributed by atoms with Gasteiger partial charge in [0.15, 0.2) is 0 Å². The van der Waals surface area contributed by atoms with E-state index in [4.69, 9.17) is 0 Å². The monoisotopic (exact) mass is 378 g/mol. The number of carbonyl (C=O) groups is 2. The van der Waals surface area contributed by atoms with E-state index < -0.39 is 0 Å². The number of rotatable bonds is 3. The van der Waals surface area contributed by atoms with Crippen molar-refractivity contribution in [2.24, 2.45) is 5.92 Å². The van der Waals surface area contributed by atoms with E-state index in [1.807, 2.05) is 42.5 Å². The molecule has 0 saturated carbocycles. The Hall–Kier alpha value is -2.66. The molecule has 0 saturated heterocycles. The van der Waals surface area contributed by atoms with Crippen molar-refractivity contribution >= 4 is 44.6 Å². The molecule has 2 N–H and O–H groups in total. The summed E-state index contributed by atoms with van der Waals surface area (Å²) in [6, 6.07) is 13.9. The second-order valence-electron chi connectivity index (χ2n) is 7.22. The maximum Gasteiger partial charge on any atom is 0.258 e. The predicted molar refractivity (Wildman–Crippen MR) is 112 cm³/mol. The highest BCUT2D eigenvalue weighted by atomic mass is 32.1. The molecule has 1 atom stereocenters.